The standard InChI is InChI=1S/C33H26N5O/c1-21-14-16-25-26-20-24(15-17-27(26)39-29(25)28(21)33-37(2)18-19-38(33)3)32-35-30(22-10-6-4-7-11-22)34-31(36-32)23-12-8-5-9-13-23/h4-20H,1-3H3/q+1. The first-order chi connectivity index (χ1) is 19.1. The van der Waals surface area contributed by atoms with Gasteiger partial charge in [-0.2, -0.15) is 0 Å². The molecule has 0 unspecified atom stereocenters. The van der Waals surface area contributed by atoms with Gasteiger partial charge in [0.1, 0.15) is 23.5 Å². The monoisotopic (exact) mass is 508 g/mol. The molecule has 7 aromatic rings. The van der Waals surface area contributed by atoms with E-state index in [1.165, 1.54) is 0 Å². The highest BCUT2D eigenvalue weighted by Crippen LogP contribution is 2.38. The van der Waals surface area contributed by atoms with Gasteiger partial charge in [-0.15, -0.1) is 0 Å². The predicted molar refractivity (Wildman–Crippen MR) is 154 cm³/mol. The fourth-order valence-corrected chi connectivity index (χ4v) is 5.24. The smallest absolute Gasteiger partial charge is 0.292 e. The van der Waals surface area contributed by atoms with Crippen LogP contribution in [0, 0.1) is 6.92 Å². The summed E-state index contributed by atoms with van der Waals surface area (Å²) in [6.45, 7) is 2.13. The van der Waals surface area contributed by atoms with Gasteiger partial charge in [-0.25, -0.2) is 24.1 Å². The molecule has 3 heterocycles. The van der Waals surface area contributed by atoms with Crippen molar-refractivity contribution in [3.8, 4) is 45.6 Å². The lowest BCUT2D eigenvalue weighted by atomic mass is 10.0. The third-order valence-corrected chi connectivity index (χ3v) is 7.21. The largest absolute Gasteiger partial charge is 0.455 e. The van der Waals surface area contributed by atoms with Crippen molar-refractivity contribution in [2.75, 3.05) is 0 Å². The molecule has 6 heteroatoms. The lowest BCUT2D eigenvalue weighted by molar-refractivity contribution is -0.659. The van der Waals surface area contributed by atoms with E-state index in [9.17, 15) is 0 Å². The quantitative estimate of drug-likeness (QED) is 0.242. The Bertz CT molecular complexity index is 1910. The highest BCUT2D eigenvalue weighted by Gasteiger charge is 2.24. The number of rotatable bonds is 4. The van der Waals surface area contributed by atoms with Crippen molar-refractivity contribution in [1.29, 1.82) is 0 Å². The topological polar surface area (TPSA) is 60.6 Å². The number of aryl methyl sites for hydroxylation is 3. The maximum absolute atomic E-state index is 6.50. The van der Waals surface area contributed by atoms with E-state index in [4.69, 9.17) is 19.4 Å². The lowest BCUT2D eigenvalue weighted by Crippen LogP contribution is -2.29. The number of hydrogen-bond acceptors (Lipinski definition) is 4. The zero-order valence-corrected chi connectivity index (χ0v) is 22.0. The van der Waals surface area contributed by atoms with Gasteiger partial charge >= 0.3 is 0 Å². The molecule has 0 amide bonds. The number of fused-ring (bicyclic) bond motifs is 3. The Morgan fingerprint density at radius 3 is 1.90 bits per heavy atom. The third kappa shape index (κ3) is 3.89. The fraction of sp³-hybridized carbons (Fsp3) is 0.0909. The van der Waals surface area contributed by atoms with Crippen LogP contribution in [0.15, 0.2) is 108 Å². The second-order valence-electron chi connectivity index (χ2n) is 9.83. The lowest BCUT2D eigenvalue weighted by Gasteiger charge is -2.08. The molecule has 188 valence electrons. The summed E-state index contributed by atoms with van der Waals surface area (Å²) < 4.78 is 10.7. The van der Waals surface area contributed by atoms with Crippen LogP contribution < -0.4 is 4.57 Å². The van der Waals surface area contributed by atoms with Gasteiger partial charge in [0.25, 0.3) is 5.82 Å². The molecule has 0 saturated carbocycles. The molecule has 0 bridgehead atoms. The van der Waals surface area contributed by atoms with E-state index >= 15 is 0 Å². The van der Waals surface area contributed by atoms with Gasteiger partial charge in [0.15, 0.2) is 23.1 Å². The number of nitrogens with zero attached hydrogens (tertiary/aromatic N) is 5. The van der Waals surface area contributed by atoms with Crippen molar-refractivity contribution >= 4 is 21.9 Å². The van der Waals surface area contributed by atoms with Crippen molar-refractivity contribution in [2.24, 2.45) is 14.1 Å². The summed E-state index contributed by atoms with van der Waals surface area (Å²) >= 11 is 0. The predicted octanol–water partition coefficient (Wildman–Crippen LogP) is 6.91. The van der Waals surface area contributed by atoms with Gasteiger partial charge in [-0.05, 0) is 30.7 Å². The van der Waals surface area contributed by atoms with Gasteiger partial charge in [-0.3, -0.25) is 0 Å². The first kappa shape index (κ1) is 23.0. The summed E-state index contributed by atoms with van der Waals surface area (Å²) in [4.78, 5) is 14.6. The average molecular weight is 509 g/mol. The molecule has 0 aliphatic carbocycles. The van der Waals surface area contributed by atoms with Crippen molar-refractivity contribution in [2.45, 2.75) is 6.92 Å². The number of aromatic nitrogens is 5. The van der Waals surface area contributed by atoms with Crippen molar-refractivity contribution in [3.05, 3.63) is 109 Å². The zero-order valence-electron chi connectivity index (χ0n) is 22.0. The van der Waals surface area contributed by atoms with Crippen LogP contribution in [0.25, 0.3) is 67.5 Å². The maximum atomic E-state index is 6.50. The van der Waals surface area contributed by atoms with Crippen LogP contribution >= 0.6 is 0 Å². The zero-order chi connectivity index (χ0) is 26.5. The minimum atomic E-state index is 0.625. The third-order valence-electron chi connectivity index (χ3n) is 7.21. The summed E-state index contributed by atoms with van der Waals surface area (Å²) in [5.74, 6) is 3.01. The first-order valence-electron chi connectivity index (χ1n) is 12.9. The molecule has 0 N–H and O–H groups in total. The molecule has 0 aliphatic rings. The van der Waals surface area contributed by atoms with Gasteiger partial charge in [0.2, 0.25) is 0 Å². The Morgan fingerprint density at radius 1 is 0.692 bits per heavy atom. The minimum Gasteiger partial charge on any atom is -0.455 e. The van der Waals surface area contributed by atoms with Crippen LogP contribution in [-0.2, 0) is 14.1 Å². The summed E-state index contributed by atoms with van der Waals surface area (Å²) in [7, 11) is 4.12. The van der Waals surface area contributed by atoms with E-state index in [0.29, 0.717) is 17.5 Å². The molecule has 0 atom stereocenters. The van der Waals surface area contributed by atoms with E-state index in [-0.39, 0.29) is 0 Å². The molecular weight excluding hydrogens is 482 g/mol. The molecule has 0 fully saturated rings. The van der Waals surface area contributed by atoms with Crippen LogP contribution in [0.3, 0.4) is 0 Å². The molecule has 0 saturated heterocycles. The van der Waals surface area contributed by atoms with Gasteiger partial charge in [0, 0.05) is 27.5 Å². The van der Waals surface area contributed by atoms with E-state index in [1.54, 1.807) is 0 Å². The van der Waals surface area contributed by atoms with Crippen LogP contribution in [-0.4, -0.2) is 19.5 Å². The molecule has 39 heavy (non-hydrogen) atoms. The Kier molecular flexibility index (Phi) is 5.33. The summed E-state index contributed by atoms with van der Waals surface area (Å²) in [5, 5.41) is 2.10. The van der Waals surface area contributed by atoms with Gasteiger partial charge in [0.05, 0.1) is 14.1 Å². The van der Waals surface area contributed by atoms with Gasteiger partial charge in [-0.1, -0.05) is 72.8 Å². The molecule has 0 spiro atoms. The Hall–Kier alpha value is -5.10. The first-order valence-corrected chi connectivity index (χ1v) is 12.9. The fourth-order valence-electron chi connectivity index (χ4n) is 5.24. The Morgan fingerprint density at radius 2 is 1.31 bits per heavy atom. The summed E-state index contributed by atoms with van der Waals surface area (Å²) in [6.07, 6.45) is 4.12. The minimum absolute atomic E-state index is 0.625. The number of imidazole rings is 1. The van der Waals surface area contributed by atoms with Crippen molar-refractivity contribution in [3.63, 3.8) is 0 Å². The highest BCUT2D eigenvalue weighted by molar-refractivity contribution is 6.10. The van der Waals surface area contributed by atoms with Crippen molar-refractivity contribution < 1.29 is 8.98 Å². The molecule has 4 aromatic carbocycles. The highest BCUT2D eigenvalue weighted by atomic mass is 16.3. The molecule has 6 nitrogen and oxygen atoms in total. The van der Waals surface area contributed by atoms with Crippen LogP contribution in [0.4, 0.5) is 0 Å². The Balaban J connectivity index is 1.44. The second kappa shape index (κ2) is 9.03. The van der Waals surface area contributed by atoms with Crippen LogP contribution in [0.1, 0.15) is 5.56 Å². The number of furan rings is 1. The average Bonchev–Trinajstić information content (AvgIpc) is 3.52. The summed E-state index contributed by atoms with van der Waals surface area (Å²) in [5.41, 5.74) is 6.78. The SMILES string of the molecule is Cc1ccc2c(oc3ccc(-c4nc(-c5ccccc5)nc(-c5ccccc5)n4)cc32)c1-c1n(C)cc[n+]1C. The molecule has 0 aliphatic heterocycles. The molecular formula is C33H26N5O+. The van der Waals surface area contributed by atoms with Crippen LogP contribution in [0.2, 0.25) is 0 Å². The van der Waals surface area contributed by atoms with Crippen molar-refractivity contribution in [1.82, 2.24) is 19.5 Å². The molecule has 3 aromatic heterocycles. The number of hydrogen-bond donors (Lipinski definition) is 0. The summed E-state index contributed by atoms with van der Waals surface area (Å²) in [6, 6.07) is 30.5. The van der Waals surface area contributed by atoms with E-state index in [0.717, 1.165) is 55.6 Å². The van der Waals surface area contributed by atoms with Gasteiger partial charge < -0.3 is 4.42 Å². The number of benzene rings is 4. The molecule has 0 radical (unpaired) electrons. The van der Waals surface area contributed by atoms with E-state index in [1.807, 2.05) is 72.8 Å². The maximum Gasteiger partial charge on any atom is 0.292 e. The van der Waals surface area contributed by atoms with E-state index in [2.05, 4.69) is 60.7 Å². The Labute approximate surface area is 225 Å². The van der Waals surface area contributed by atoms with Crippen LogP contribution in [0.5, 0.6) is 0 Å². The molecule has 7 rings (SSSR count). The normalized spacial score (nSPS) is 11.5. The second-order valence-corrected chi connectivity index (χ2v) is 9.83. The van der Waals surface area contributed by atoms with E-state index < -0.39 is 0 Å².